The summed E-state index contributed by atoms with van der Waals surface area (Å²) in [4.78, 5) is 0. The quantitative estimate of drug-likeness (QED) is 0.810. The average Bonchev–Trinajstić information content (AvgIpc) is 2.23. The summed E-state index contributed by atoms with van der Waals surface area (Å²) < 4.78 is 26.5. The molecule has 0 aliphatic rings. The highest BCUT2D eigenvalue weighted by atomic mass is 19.2. The predicted molar refractivity (Wildman–Crippen MR) is 57.9 cm³/mol. The summed E-state index contributed by atoms with van der Waals surface area (Å²) in [6.45, 7) is 3.93. The first-order valence-electron chi connectivity index (χ1n) is 5.23. The molecule has 0 saturated heterocycles. The smallest absolute Gasteiger partial charge is 0.162 e. The number of hydrogen-bond acceptors (Lipinski definition) is 1. The van der Waals surface area contributed by atoms with Crippen molar-refractivity contribution in [1.29, 1.82) is 0 Å². The molecule has 1 rings (SSSR count). The fourth-order valence-electron chi connectivity index (χ4n) is 1.90. The van der Waals surface area contributed by atoms with Crippen LogP contribution >= 0.6 is 0 Å². The van der Waals surface area contributed by atoms with E-state index in [1.807, 2.05) is 20.9 Å². The molecule has 1 N–H and O–H groups in total. The molecule has 0 bridgehead atoms. The molecule has 0 heterocycles. The van der Waals surface area contributed by atoms with Crippen LogP contribution in [-0.4, -0.2) is 13.1 Å². The van der Waals surface area contributed by atoms with Gasteiger partial charge in [0.2, 0.25) is 0 Å². The van der Waals surface area contributed by atoms with Crippen molar-refractivity contribution in [3.8, 4) is 0 Å². The summed E-state index contributed by atoms with van der Waals surface area (Å²) >= 11 is 0. The van der Waals surface area contributed by atoms with E-state index in [1.165, 1.54) is 0 Å². The van der Waals surface area contributed by atoms with E-state index in [2.05, 4.69) is 5.32 Å². The second-order valence-electron chi connectivity index (χ2n) is 3.74. The second kappa shape index (κ2) is 5.21. The van der Waals surface area contributed by atoms with Gasteiger partial charge in [-0.25, -0.2) is 8.78 Å². The minimum atomic E-state index is -0.773. The molecule has 3 heteroatoms. The molecule has 0 amide bonds. The lowest BCUT2D eigenvalue weighted by molar-refractivity contribution is 0.438. The summed E-state index contributed by atoms with van der Waals surface area (Å²) in [5.41, 5.74) is 0.441. The summed E-state index contributed by atoms with van der Waals surface area (Å²) in [5, 5.41) is 3.11. The Labute approximate surface area is 89.5 Å². The molecule has 0 aromatic heterocycles. The van der Waals surface area contributed by atoms with Crippen LogP contribution in [0.4, 0.5) is 8.78 Å². The van der Waals surface area contributed by atoms with Crippen LogP contribution in [0.3, 0.4) is 0 Å². The Bertz CT molecular complexity index is 321. The maximum Gasteiger partial charge on any atom is 0.162 e. The first-order valence-corrected chi connectivity index (χ1v) is 5.23. The molecule has 2 atom stereocenters. The number of halogens is 2. The van der Waals surface area contributed by atoms with Crippen molar-refractivity contribution in [2.45, 2.75) is 32.2 Å². The SMILES string of the molecule is CCC(NC)C(C)c1cccc(F)c1F. The van der Waals surface area contributed by atoms with Crippen LogP contribution in [-0.2, 0) is 0 Å². The number of likely N-dealkylation sites (N-methyl/N-ethyl adjacent to an activating group) is 1. The Hall–Kier alpha value is -0.960. The van der Waals surface area contributed by atoms with Gasteiger partial charge in [0.05, 0.1) is 0 Å². The van der Waals surface area contributed by atoms with Crippen LogP contribution in [0.25, 0.3) is 0 Å². The fourth-order valence-corrected chi connectivity index (χ4v) is 1.90. The van der Waals surface area contributed by atoms with Gasteiger partial charge in [-0.05, 0) is 31.0 Å². The highest BCUT2D eigenvalue weighted by Crippen LogP contribution is 2.24. The lowest BCUT2D eigenvalue weighted by Gasteiger charge is -2.22. The Morgan fingerprint density at radius 1 is 1.33 bits per heavy atom. The van der Waals surface area contributed by atoms with Crippen molar-refractivity contribution in [3.05, 3.63) is 35.4 Å². The third-order valence-corrected chi connectivity index (χ3v) is 2.89. The molecule has 0 aliphatic carbocycles. The van der Waals surface area contributed by atoms with Crippen LogP contribution in [0.15, 0.2) is 18.2 Å². The zero-order chi connectivity index (χ0) is 11.4. The van der Waals surface area contributed by atoms with Crippen LogP contribution < -0.4 is 5.32 Å². The molecule has 0 spiro atoms. The molecule has 0 radical (unpaired) electrons. The van der Waals surface area contributed by atoms with Crippen LogP contribution in [0.5, 0.6) is 0 Å². The Morgan fingerprint density at radius 3 is 2.53 bits per heavy atom. The van der Waals surface area contributed by atoms with Crippen molar-refractivity contribution in [1.82, 2.24) is 5.32 Å². The van der Waals surface area contributed by atoms with Gasteiger partial charge in [0.1, 0.15) is 0 Å². The number of hydrogen-bond donors (Lipinski definition) is 1. The normalized spacial score (nSPS) is 15.0. The van der Waals surface area contributed by atoms with Crippen LogP contribution in [0.1, 0.15) is 31.7 Å². The largest absolute Gasteiger partial charge is 0.316 e. The van der Waals surface area contributed by atoms with Crippen molar-refractivity contribution in [3.63, 3.8) is 0 Å². The Kier molecular flexibility index (Phi) is 4.21. The van der Waals surface area contributed by atoms with E-state index in [0.29, 0.717) is 5.56 Å². The van der Waals surface area contributed by atoms with Gasteiger partial charge in [-0.1, -0.05) is 26.0 Å². The van der Waals surface area contributed by atoms with Gasteiger partial charge in [0.25, 0.3) is 0 Å². The fraction of sp³-hybridized carbons (Fsp3) is 0.500. The number of nitrogens with one attached hydrogen (secondary N) is 1. The maximum atomic E-state index is 13.5. The molecule has 2 unspecified atom stereocenters. The lowest BCUT2D eigenvalue weighted by Crippen LogP contribution is -2.30. The summed E-state index contributed by atoms with van der Waals surface area (Å²) in [5.74, 6) is -1.53. The first kappa shape index (κ1) is 12.1. The van der Waals surface area contributed by atoms with Gasteiger partial charge in [-0.3, -0.25) is 0 Å². The van der Waals surface area contributed by atoms with Crippen molar-refractivity contribution >= 4 is 0 Å². The topological polar surface area (TPSA) is 12.0 Å². The van der Waals surface area contributed by atoms with E-state index in [4.69, 9.17) is 0 Å². The Morgan fingerprint density at radius 2 is 2.00 bits per heavy atom. The third-order valence-electron chi connectivity index (χ3n) is 2.89. The van der Waals surface area contributed by atoms with E-state index in [-0.39, 0.29) is 12.0 Å². The van der Waals surface area contributed by atoms with Crippen molar-refractivity contribution in [2.75, 3.05) is 7.05 Å². The van der Waals surface area contributed by atoms with E-state index in [1.54, 1.807) is 12.1 Å². The van der Waals surface area contributed by atoms with Gasteiger partial charge < -0.3 is 5.32 Å². The minimum absolute atomic E-state index is 0.0318. The van der Waals surface area contributed by atoms with Crippen molar-refractivity contribution < 1.29 is 8.78 Å². The average molecular weight is 213 g/mol. The molecule has 0 fully saturated rings. The van der Waals surface area contributed by atoms with Gasteiger partial charge in [0.15, 0.2) is 11.6 Å². The number of benzene rings is 1. The van der Waals surface area contributed by atoms with Crippen molar-refractivity contribution in [2.24, 2.45) is 0 Å². The Balaban J connectivity index is 2.99. The molecule has 1 nitrogen and oxygen atoms in total. The zero-order valence-corrected chi connectivity index (χ0v) is 9.35. The van der Waals surface area contributed by atoms with Gasteiger partial charge in [-0.2, -0.15) is 0 Å². The highest BCUT2D eigenvalue weighted by molar-refractivity contribution is 5.23. The molecule has 15 heavy (non-hydrogen) atoms. The highest BCUT2D eigenvalue weighted by Gasteiger charge is 2.20. The monoisotopic (exact) mass is 213 g/mol. The summed E-state index contributed by atoms with van der Waals surface area (Å²) in [7, 11) is 1.84. The summed E-state index contributed by atoms with van der Waals surface area (Å²) in [6.07, 6.45) is 0.883. The van der Waals surface area contributed by atoms with Gasteiger partial charge in [0, 0.05) is 6.04 Å². The second-order valence-corrected chi connectivity index (χ2v) is 3.74. The van der Waals surface area contributed by atoms with E-state index in [0.717, 1.165) is 12.5 Å². The van der Waals surface area contributed by atoms with E-state index in [9.17, 15) is 8.78 Å². The standard InChI is InChI=1S/C12H17F2N/c1-4-11(15-3)8(2)9-6-5-7-10(13)12(9)14/h5-8,11,15H,4H2,1-3H3. The van der Waals surface area contributed by atoms with E-state index >= 15 is 0 Å². The zero-order valence-electron chi connectivity index (χ0n) is 9.35. The summed E-state index contributed by atoms with van der Waals surface area (Å²) in [6, 6.07) is 4.50. The molecule has 1 aromatic rings. The minimum Gasteiger partial charge on any atom is -0.316 e. The third kappa shape index (κ3) is 2.53. The predicted octanol–water partition coefficient (Wildman–Crippen LogP) is 3.07. The van der Waals surface area contributed by atoms with Crippen LogP contribution in [0, 0.1) is 11.6 Å². The lowest BCUT2D eigenvalue weighted by atomic mass is 9.91. The molecule has 84 valence electrons. The van der Waals surface area contributed by atoms with Gasteiger partial charge in [-0.15, -0.1) is 0 Å². The van der Waals surface area contributed by atoms with E-state index < -0.39 is 11.6 Å². The molecule has 0 saturated carbocycles. The molecule has 1 aromatic carbocycles. The molecular formula is C12H17F2N. The molecular weight excluding hydrogens is 196 g/mol. The first-order chi connectivity index (χ1) is 7.11. The molecule has 0 aliphatic heterocycles. The maximum absolute atomic E-state index is 13.5. The number of rotatable bonds is 4. The van der Waals surface area contributed by atoms with Crippen LogP contribution in [0.2, 0.25) is 0 Å². The van der Waals surface area contributed by atoms with Gasteiger partial charge >= 0.3 is 0 Å².